The van der Waals surface area contributed by atoms with E-state index in [9.17, 15) is 4.79 Å². The van der Waals surface area contributed by atoms with E-state index in [1.54, 1.807) is 21.6 Å². The first-order chi connectivity index (χ1) is 12.3. The van der Waals surface area contributed by atoms with Gasteiger partial charge in [0, 0.05) is 31.0 Å². The Morgan fingerprint density at radius 3 is 2.42 bits per heavy atom. The second kappa shape index (κ2) is 6.95. The quantitative estimate of drug-likeness (QED) is 0.740. The fourth-order valence-corrected chi connectivity index (χ4v) is 2.98. The minimum atomic E-state index is -0.224. The molecule has 0 fully saturated rings. The van der Waals surface area contributed by atoms with Crippen LogP contribution < -0.4 is 5.32 Å². The number of aryl methyl sites for hydroxylation is 3. The van der Waals surface area contributed by atoms with Gasteiger partial charge in [0.1, 0.15) is 12.4 Å². The minimum absolute atomic E-state index is 0.224. The van der Waals surface area contributed by atoms with Crippen LogP contribution in [-0.4, -0.2) is 35.2 Å². The molecule has 1 N–H and O–H groups in total. The Labute approximate surface area is 156 Å². The molecule has 0 aromatic carbocycles. The lowest BCUT2D eigenvalue weighted by atomic mass is 10.2. The fourth-order valence-electron chi connectivity index (χ4n) is 2.84. The molecule has 138 valence electrons. The zero-order valence-electron chi connectivity index (χ0n) is 15.5. The summed E-state index contributed by atoms with van der Waals surface area (Å²) < 4.78 is 5.23. The summed E-state index contributed by atoms with van der Waals surface area (Å²) in [7, 11) is 1.89. The molecular weight excluding hydrogens is 354 g/mol. The molecule has 8 nitrogen and oxygen atoms in total. The molecule has 26 heavy (non-hydrogen) atoms. The zero-order valence-corrected chi connectivity index (χ0v) is 16.3. The summed E-state index contributed by atoms with van der Waals surface area (Å²) in [6, 6.07) is 1.69. The van der Waals surface area contributed by atoms with Crippen molar-refractivity contribution in [2.24, 2.45) is 7.05 Å². The van der Waals surface area contributed by atoms with Gasteiger partial charge in [-0.3, -0.25) is 14.2 Å². The monoisotopic (exact) mass is 375 g/mol. The average molecular weight is 376 g/mol. The molecule has 3 aromatic rings. The molecule has 0 saturated heterocycles. The standard InChI is InChI=1S/C17H22ClN7O/c1-10-14(12(3)23(5)20-10)8-19-17(26)15-6-7-24(22-15)9-25-13(4)16(18)11(2)21-25/h6-7H,8-9H2,1-5H3,(H,19,26). The zero-order chi connectivity index (χ0) is 19.0. The number of hydrogen-bond acceptors (Lipinski definition) is 4. The topological polar surface area (TPSA) is 82.6 Å². The number of nitrogens with zero attached hydrogens (tertiary/aromatic N) is 6. The van der Waals surface area contributed by atoms with Gasteiger partial charge in [0.2, 0.25) is 0 Å². The molecule has 0 aliphatic carbocycles. The van der Waals surface area contributed by atoms with Gasteiger partial charge < -0.3 is 5.32 Å². The average Bonchev–Trinajstić information content (AvgIpc) is 3.22. The Balaban J connectivity index is 1.67. The van der Waals surface area contributed by atoms with Crippen molar-refractivity contribution in [3.8, 4) is 0 Å². The third-order valence-corrected chi connectivity index (χ3v) is 5.08. The van der Waals surface area contributed by atoms with E-state index >= 15 is 0 Å². The van der Waals surface area contributed by atoms with E-state index in [1.807, 2.05) is 39.4 Å². The molecule has 9 heteroatoms. The van der Waals surface area contributed by atoms with Gasteiger partial charge in [-0.1, -0.05) is 11.6 Å². The van der Waals surface area contributed by atoms with Crippen LogP contribution in [0.1, 0.15) is 38.8 Å². The highest BCUT2D eigenvalue weighted by atomic mass is 35.5. The first kappa shape index (κ1) is 18.2. The Bertz CT molecular complexity index is 966. The van der Waals surface area contributed by atoms with E-state index < -0.39 is 0 Å². The summed E-state index contributed by atoms with van der Waals surface area (Å²) in [5.41, 5.74) is 4.98. The van der Waals surface area contributed by atoms with Crippen LogP contribution in [0.5, 0.6) is 0 Å². The van der Waals surface area contributed by atoms with Crippen molar-refractivity contribution < 1.29 is 4.79 Å². The minimum Gasteiger partial charge on any atom is -0.346 e. The van der Waals surface area contributed by atoms with E-state index in [-0.39, 0.29) is 5.91 Å². The summed E-state index contributed by atoms with van der Waals surface area (Å²) >= 11 is 6.16. The van der Waals surface area contributed by atoms with Gasteiger partial charge in [0.25, 0.3) is 5.91 Å². The number of carbonyl (C=O) groups is 1. The smallest absolute Gasteiger partial charge is 0.272 e. The number of carbonyl (C=O) groups excluding carboxylic acids is 1. The van der Waals surface area contributed by atoms with Crippen molar-refractivity contribution in [3.05, 3.63) is 51.3 Å². The van der Waals surface area contributed by atoms with Crippen LogP contribution in [0.3, 0.4) is 0 Å². The summed E-state index contributed by atoms with van der Waals surface area (Å²) in [5, 5.41) is 16.6. The second-order valence-corrected chi connectivity index (χ2v) is 6.70. The van der Waals surface area contributed by atoms with Crippen LogP contribution in [0, 0.1) is 27.7 Å². The van der Waals surface area contributed by atoms with Gasteiger partial charge in [-0.15, -0.1) is 0 Å². The molecule has 0 unspecified atom stereocenters. The molecule has 0 bridgehead atoms. The number of nitrogens with one attached hydrogen (secondary N) is 1. The molecule has 3 aromatic heterocycles. The van der Waals surface area contributed by atoms with Crippen LogP contribution in [-0.2, 0) is 20.3 Å². The third kappa shape index (κ3) is 3.37. The fraction of sp³-hybridized carbons (Fsp3) is 0.412. The number of aromatic nitrogens is 6. The molecule has 0 atom stereocenters. The second-order valence-electron chi connectivity index (χ2n) is 6.32. The van der Waals surface area contributed by atoms with E-state index in [4.69, 9.17) is 11.6 Å². The van der Waals surface area contributed by atoms with E-state index in [2.05, 4.69) is 20.6 Å². The first-order valence-electron chi connectivity index (χ1n) is 8.28. The van der Waals surface area contributed by atoms with Crippen LogP contribution >= 0.6 is 11.6 Å². The lowest BCUT2D eigenvalue weighted by Crippen LogP contribution is -2.24. The SMILES string of the molecule is Cc1nn(Cn2ccc(C(=O)NCc3c(C)nn(C)c3C)n2)c(C)c1Cl. The van der Waals surface area contributed by atoms with Crippen molar-refractivity contribution >= 4 is 17.5 Å². The third-order valence-electron chi connectivity index (χ3n) is 4.53. The van der Waals surface area contributed by atoms with Gasteiger partial charge in [-0.25, -0.2) is 4.68 Å². The van der Waals surface area contributed by atoms with Crippen LogP contribution in [0.15, 0.2) is 12.3 Å². The highest BCUT2D eigenvalue weighted by Gasteiger charge is 2.14. The Morgan fingerprint density at radius 2 is 1.85 bits per heavy atom. The van der Waals surface area contributed by atoms with Crippen LogP contribution in [0.4, 0.5) is 0 Å². The Kier molecular flexibility index (Phi) is 4.86. The van der Waals surface area contributed by atoms with Gasteiger partial charge >= 0.3 is 0 Å². The van der Waals surface area contributed by atoms with Crippen molar-refractivity contribution in [2.75, 3.05) is 0 Å². The maximum Gasteiger partial charge on any atom is 0.272 e. The number of halogens is 1. The number of rotatable bonds is 5. The summed E-state index contributed by atoms with van der Waals surface area (Å²) in [6.07, 6.45) is 1.75. The van der Waals surface area contributed by atoms with Crippen molar-refractivity contribution in [1.29, 1.82) is 0 Å². The molecular formula is C17H22ClN7O. The maximum atomic E-state index is 12.4. The molecule has 0 saturated carbocycles. The number of hydrogen-bond donors (Lipinski definition) is 1. The highest BCUT2D eigenvalue weighted by molar-refractivity contribution is 6.31. The van der Waals surface area contributed by atoms with Crippen LogP contribution in [0.25, 0.3) is 0 Å². The molecule has 1 amide bonds. The summed E-state index contributed by atoms with van der Waals surface area (Å²) in [5.74, 6) is -0.224. The predicted octanol–water partition coefficient (Wildman–Crippen LogP) is 2.14. The summed E-state index contributed by atoms with van der Waals surface area (Å²) in [6.45, 7) is 8.49. The molecule has 0 aliphatic rings. The van der Waals surface area contributed by atoms with Crippen molar-refractivity contribution in [2.45, 2.75) is 40.9 Å². The summed E-state index contributed by atoms with van der Waals surface area (Å²) in [4.78, 5) is 12.4. The lowest BCUT2D eigenvalue weighted by molar-refractivity contribution is 0.0945. The Hall–Kier alpha value is -2.61. The van der Waals surface area contributed by atoms with Crippen molar-refractivity contribution in [3.63, 3.8) is 0 Å². The van der Waals surface area contributed by atoms with Gasteiger partial charge in [-0.2, -0.15) is 15.3 Å². The van der Waals surface area contributed by atoms with E-state index in [0.717, 1.165) is 28.3 Å². The predicted molar refractivity (Wildman–Crippen MR) is 98.2 cm³/mol. The molecule has 0 spiro atoms. The maximum absolute atomic E-state index is 12.4. The molecule has 3 rings (SSSR count). The van der Waals surface area contributed by atoms with Gasteiger partial charge in [-0.05, 0) is 33.8 Å². The largest absolute Gasteiger partial charge is 0.346 e. The highest BCUT2D eigenvalue weighted by Crippen LogP contribution is 2.18. The lowest BCUT2D eigenvalue weighted by Gasteiger charge is -2.05. The Morgan fingerprint density at radius 1 is 1.12 bits per heavy atom. The van der Waals surface area contributed by atoms with E-state index in [1.165, 1.54) is 0 Å². The van der Waals surface area contributed by atoms with Crippen molar-refractivity contribution in [1.82, 2.24) is 34.7 Å². The van der Waals surface area contributed by atoms with E-state index in [0.29, 0.717) is 23.9 Å². The molecule has 0 aliphatic heterocycles. The van der Waals surface area contributed by atoms with Crippen LogP contribution in [0.2, 0.25) is 5.02 Å². The normalized spacial score (nSPS) is 11.2. The molecule has 0 radical (unpaired) electrons. The molecule has 3 heterocycles. The number of amides is 1. The first-order valence-corrected chi connectivity index (χ1v) is 8.66. The van der Waals surface area contributed by atoms with Gasteiger partial charge in [0.15, 0.2) is 0 Å². The van der Waals surface area contributed by atoms with Gasteiger partial charge in [0.05, 0.1) is 22.1 Å².